The summed E-state index contributed by atoms with van der Waals surface area (Å²) in [7, 11) is 1.31. The van der Waals surface area contributed by atoms with Gasteiger partial charge in [-0.3, -0.25) is 0 Å². The van der Waals surface area contributed by atoms with Crippen molar-refractivity contribution >= 4 is 11.8 Å². The topological polar surface area (TPSA) is 73.3 Å². The van der Waals surface area contributed by atoms with E-state index in [1.165, 1.54) is 7.11 Å². The van der Waals surface area contributed by atoms with Crippen molar-refractivity contribution in [1.82, 2.24) is 9.97 Å². The van der Waals surface area contributed by atoms with E-state index in [2.05, 4.69) is 20.0 Å². The van der Waals surface area contributed by atoms with Crippen LogP contribution in [-0.2, 0) is 9.47 Å². The third-order valence-corrected chi connectivity index (χ3v) is 2.86. The number of nitrogens with zero attached hydrogens (tertiary/aromatic N) is 2. The van der Waals surface area contributed by atoms with Gasteiger partial charge < -0.3 is 14.8 Å². The van der Waals surface area contributed by atoms with Crippen LogP contribution < -0.4 is 5.32 Å². The second kappa shape index (κ2) is 5.77. The first kappa shape index (κ1) is 12.8. The third kappa shape index (κ3) is 3.16. The summed E-state index contributed by atoms with van der Waals surface area (Å²) in [6, 6.07) is 2.06. The molecule has 0 aliphatic carbocycles. The number of hydrogen-bond acceptors (Lipinski definition) is 6. The molecule has 2 atom stereocenters. The highest BCUT2D eigenvalue weighted by atomic mass is 16.5. The molecule has 6 heteroatoms. The van der Waals surface area contributed by atoms with Crippen LogP contribution in [0.3, 0.4) is 0 Å². The molecular weight excluding hydrogens is 234 g/mol. The molecule has 1 N–H and O–H groups in total. The van der Waals surface area contributed by atoms with Crippen LogP contribution >= 0.6 is 0 Å². The zero-order chi connectivity index (χ0) is 13.0. The van der Waals surface area contributed by atoms with E-state index >= 15 is 0 Å². The molecule has 1 aliphatic heterocycles. The van der Waals surface area contributed by atoms with Gasteiger partial charge in [0.15, 0.2) is 0 Å². The van der Waals surface area contributed by atoms with Crippen molar-refractivity contribution in [2.75, 3.05) is 19.0 Å². The van der Waals surface area contributed by atoms with Crippen molar-refractivity contribution in [2.45, 2.75) is 31.9 Å². The van der Waals surface area contributed by atoms with Gasteiger partial charge in [0, 0.05) is 18.8 Å². The summed E-state index contributed by atoms with van der Waals surface area (Å²) in [4.78, 5) is 19.3. The van der Waals surface area contributed by atoms with Crippen LogP contribution in [-0.4, -0.2) is 41.8 Å². The normalized spacial score (nSPS) is 23.4. The predicted molar refractivity (Wildman–Crippen MR) is 65.4 cm³/mol. The lowest BCUT2D eigenvalue weighted by molar-refractivity contribution is 0.0231. The molecule has 1 aromatic heterocycles. The average Bonchev–Trinajstić information content (AvgIpc) is 2.38. The monoisotopic (exact) mass is 251 g/mol. The number of rotatable bonds is 3. The Balaban J connectivity index is 2.02. The van der Waals surface area contributed by atoms with Crippen molar-refractivity contribution in [3.63, 3.8) is 0 Å². The van der Waals surface area contributed by atoms with Gasteiger partial charge in [0.2, 0.25) is 5.82 Å². The molecule has 0 bridgehead atoms. The number of ether oxygens (including phenoxy) is 2. The van der Waals surface area contributed by atoms with E-state index in [4.69, 9.17) is 4.74 Å². The van der Waals surface area contributed by atoms with Crippen LogP contribution in [0.2, 0.25) is 0 Å². The molecule has 0 amide bonds. The summed E-state index contributed by atoms with van der Waals surface area (Å²) < 4.78 is 10.1. The first-order valence-electron chi connectivity index (χ1n) is 5.98. The minimum atomic E-state index is -0.529. The van der Waals surface area contributed by atoms with Gasteiger partial charge in [-0.05, 0) is 25.8 Å². The third-order valence-electron chi connectivity index (χ3n) is 2.86. The van der Waals surface area contributed by atoms with E-state index in [-0.39, 0.29) is 11.9 Å². The van der Waals surface area contributed by atoms with Crippen LogP contribution in [0.25, 0.3) is 0 Å². The molecule has 0 aromatic carbocycles. The Morgan fingerprint density at radius 3 is 3.17 bits per heavy atom. The molecule has 0 spiro atoms. The van der Waals surface area contributed by atoms with Gasteiger partial charge in [0.1, 0.15) is 5.82 Å². The standard InChI is InChI=1S/C12H17N3O3/c1-8-7-9(4-6-18-8)14-10-3-5-13-11(15-10)12(16)17-2/h3,5,8-9H,4,6-7H2,1-2H3,(H,13,14,15). The lowest BCUT2D eigenvalue weighted by Gasteiger charge is -2.28. The molecule has 0 radical (unpaired) electrons. The highest BCUT2D eigenvalue weighted by molar-refractivity contribution is 5.85. The Bertz CT molecular complexity index is 425. The molecule has 2 unspecified atom stereocenters. The SMILES string of the molecule is COC(=O)c1nccc(NC2CCOC(C)C2)n1. The minimum Gasteiger partial charge on any atom is -0.463 e. The molecule has 1 aromatic rings. The van der Waals surface area contributed by atoms with Gasteiger partial charge in [-0.25, -0.2) is 14.8 Å². The largest absolute Gasteiger partial charge is 0.463 e. The fourth-order valence-electron chi connectivity index (χ4n) is 1.97. The summed E-state index contributed by atoms with van der Waals surface area (Å²) >= 11 is 0. The average molecular weight is 251 g/mol. The lowest BCUT2D eigenvalue weighted by atomic mass is 10.0. The van der Waals surface area contributed by atoms with E-state index in [0.717, 1.165) is 19.4 Å². The smallest absolute Gasteiger partial charge is 0.376 e. The molecule has 6 nitrogen and oxygen atoms in total. The molecule has 98 valence electrons. The number of nitrogens with one attached hydrogen (secondary N) is 1. The number of hydrogen-bond donors (Lipinski definition) is 1. The lowest BCUT2D eigenvalue weighted by Crippen LogP contribution is -2.32. The van der Waals surface area contributed by atoms with E-state index in [9.17, 15) is 4.79 Å². The van der Waals surface area contributed by atoms with Gasteiger partial charge in [-0.1, -0.05) is 0 Å². The van der Waals surface area contributed by atoms with Gasteiger partial charge in [0.25, 0.3) is 0 Å². The number of anilines is 1. The predicted octanol–water partition coefficient (Wildman–Crippen LogP) is 1.24. The van der Waals surface area contributed by atoms with E-state index in [1.54, 1.807) is 12.3 Å². The molecule has 0 saturated carbocycles. The number of aromatic nitrogens is 2. The van der Waals surface area contributed by atoms with Crippen LogP contribution in [0.15, 0.2) is 12.3 Å². The Hall–Kier alpha value is -1.69. The summed E-state index contributed by atoms with van der Waals surface area (Å²) in [6.45, 7) is 2.79. The first-order valence-corrected chi connectivity index (χ1v) is 5.98. The van der Waals surface area contributed by atoms with Crippen molar-refractivity contribution in [3.8, 4) is 0 Å². The quantitative estimate of drug-likeness (QED) is 0.815. The second-order valence-electron chi connectivity index (χ2n) is 4.30. The second-order valence-corrected chi connectivity index (χ2v) is 4.30. The molecule has 18 heavy (non-hydrogen) atoms. The molecule has 2 heterocycles. The Morgan fingerprint density at radius 2 is 2.44 bits per heavy atom. The zero-order valence-corrected chi connectivity index (χ0v) is 10.5. The minimum absolute atomic E-state index is 0.0719. The van der Waals surface area contributed by atoms with Crippen LogP contribution in [0, 0.1) is 0 Å². The molecule has 2 rings (SSSR count). The maximum absolute atomic E-state index is 11.3. The van der Waals surface area contributed by atoms with E-state index in [1.807, 2.05) is 6.92 Å². The highest BCUT2D eigenvalue weighted by Gasteiger charge is 2.20. The molecular formula is C12H17N3O3. The van der Waals surface area contributed by atoms with Crippen LogP contribution in [0.1, 0.15) is 30.4 Å². The number of carbonyl (C=O) groups excluding carboxylic acids is 1. The van der Waals surface area contributed by atoms with Gasteiger partial charge in [0.05, 0.1) is 13.2 Å². The Kier molecular flexibility index (Phi) is 4.09. The first-order chi connectivity index (χ1) is 8.69. The maximum Gasteiger partial charge on any atom is 0.376 e. The van der Waals surface area contributed by atoms with Crippen molar-refractivity contribution in [2.24, 2.45) is 0 Å². The summed E-state index contributed by atoms with van der Waals surface area (Å²) in [5.41, 5.74) is 0. The summed E-state index contributed by atoms with van der Waals surface area (Å²) in [5.74, 6) is 0.186. The van der Waals surface area contributed by atoms with Gasteiger partial charge in [-0.15, -0.1) is 0 Å². The number of carbonyl (C=O) groups is 1. The summed E-state index contributed by atoms with van der Waals surface area (Å²) in [5, 5.41) is 3.29. The van der Waals surface area contributed by atoms with Gasteiger partial charge >= 0.3 is 5.97 Å². The van der Waals surface area contributed by atoms with E-state index in [0.29, 0.717) is 11.9 Å². The van der Waals surface area contributed by atoms with Gasteiger partial charge in [-0.2, -0.15) is 0 Å². The molecule has 1 aliphatic rings. The van der Waals surface area contributed by atoms with Crippen LogP contribution in [0.5, 0.6) is 0 Å². The van der Waals surface area contributed by atoms with Crippen molar-refractivity contribution < 1.29 is 14.3 Å². The Morgan fingerprint density at radius 1 is 1.61 bits per heavy atom. The fraction of sp³-hybridized carbons (Fsp3) is 0.583. The maximum atomic E-state index is 11.3. The fourth-order valence-corrected chi connectivity index (χ4v) is 1.97. The van der Waals surface area contributed by atoms with Crippen molar-refractivity contribution in [1.29, 1.82) is 0 Å². The van der Waals surface area contributed by atoms with Crippen LogP contribution in [0.4, 0.5) is 5.82 Å². The number of esters is 1. The zero-order valence-electron chi connectivity index (χ0n) is 10.5. The number of methoxy groups -OCH3 is 1. The molecule has 1 fully saturated rings. The Labute approximate surface area is 106 Å². The highest BCUT2D eigenvalue weighted by Crippen LogP contribution is 2.17. The van der Waals surface area contributed by atoms with E-state index < -0.39 is 5.97 Å². The summed E-state index contributed by atoms with van der Waals surface area (Å²) in [6.07, 6.45) is 3.65. The van der Waals surface area contributed by atoms with Crippen molar-refractivity contribution in [3.05, 3.63) is 18.1 Å². The molecule has 1 saturated heterocycles.